The van der Waals surface area contributed by atoms with Gasteiger partial charge in [-0.25, -0.2) is 0 Å². The average molecular weight is 287 g/mol. The van der Waals surface area contributed by atoms with E-state index < -0.39 is 0 Å². The van der Waals surface area contributed by atoms with Gasteiger partial charge >= 0.3 is 0 Å². The number of nitrogens with one attached hydrogen (secondary N) is 1. The summed E-state index contributed by atoms with van der Waals surface area (Å²) < 4.78 is 0.498. The number of thioether (sulfide) groups is 1. The fraction of sp³-hybridized carbons (Fsp3) is 0.0667. The molecule has 0 aliphatic carbocycles. The highest BCUT2D eigenvalue weighted by atomic mass is 32.2. The lowest BCUT2D eigenvalue weighted by atomic mass is 10.2. The van der Waals surface area contributed by atoms with Gasteiger partial charge < -0.3 is 5.32 Å². The normalized spacial score (nSPS) is 9.89. The number of carbonyl (C=O) groups is 1. The van der Waals surface area contributed by atoms with Gasteiger partial charge in [0, 0.05) is 12.1 Å². The van der Waals surface area contributed by atoms with E-state index in [2.05, 4.69) is 5.32 Å². The summed E-state index contributed by atoms with van der Waals surface area (Å²) in [5.41, 5.74) is 1.80. The highest BCUT2D eigenvalue weighted by Gasteiger charge is 2.09. The van der Waals surface area contributed by atoms with Crippen LogP contribution < -0.4 is 5.32 Å². The van der Waals surface area contributed by atoms with Crippen molar-refractivity contribution in [1.82, 2.24) is 5.32 Å². The van der Waals surface area contributed by atoms with Crippen molar-refractivity contribution in [3.8, 4) is 0 Å². The van der Waals surface area contributed by atoms with Crippen LogP contribution in [0.5, 0.6) is 0 Å². The zero-order chi connectivity index (χ0) is 13.5. The number of rotatable bonds is 3. The molecule has 2 aromatic carbocycles. The first kappa shape index (κ1) is 13.8. The Morgan fingerprint density at radius 2 is 1.58 bits per heavy atom. The summed E-state index contributed by atoms with van der Waals surface area (Å²) in [6, 6.07) is 19.1. The predicted molar refractivity (Wildman–Crippen MR) is 84.2 cm³/mol. The number of hydrogen-bond donors (Lipinski definition) is 1. The van der Waals surface area contributed by atoms with Crippen molar-refractivity contribution >= 4 is 33.4 Å². The Balaban J connectivity index is 1.83. The lowest BCUT2D eigenvalue weighted by Gasteiger charge is -2.06. The molecule has 19 heavy (non-hydrogen) atoms. The minimum absolute atomic E-state index is 0.0360. The van der Waals surface area contributed by atoms with Crippen molar-refractivity contribution in [3.63, 3.8) is 0 Å². The van der Waals surface area contributed by atoms with Gasteiger partial charge in [0.1, 0.15) is 4.32 Å². The van der Waals surface area contributed by atoms with Crippen LogP contribution in [0.2, 0.25) is 0 Å². The third-order valence-electron chi connectivity index (χ3n) is 2.47. The zero-order valence-electron chi connectivity index (χ0n) is 10.2. The molecule has 0 amide bonds. The largest absolute Gasteiger partial charge is 0.367 e. The van der Waals surface area contributed by atoms with E-state index >= 15 is 0 Å². The van der Waals surface area contributed by atoms with Crippen molar-refractivity contribution in [2.75, 3.05) is 0 Å². The van der Waals surface area contributed by atoms with Crippen LogP contribution in [-0.4, -0.2) is 9.44 Å². The van der Waals surface area contributed by atoms with Gasteiger partial charge in [0.2, 0.25) is 5.12 Å². The molecule has 0 saturated heterocycles. The summed E-state index contributed by atoms with van der Waals surface area (Å²) in [5.74, 6) is 0. The van der Waals surface area contributed by atoms with Crippen LogP contribution in [0.25, 0.3) is 0 Å². The molecule has 0 aliphatic heterocycles. The van der Waals surface area contributed by atoms with Crippen molar-refractivity contribution < 1.29 is 4.79 Å². The molecule has 0 bridgehead atoms. The van der Waals surface area contributed by atoms with Crippen molar-refractivity contribution in [1.29, 1.82) is 0 Å². The van der Waals surface area contributed by atoms with Crippen LogP contribution in [0, 0.1) is 0 Å². The average Bonchev–Trinajstić information content (AvgIpc) is 2.47. The van der Waals surface area contributed by atoms with E-state index in [9.17, 15) is 4.79 Å². The first-order chi connectivity index (χ1) is 9.25. The maximum Gasteiger partial charge on any atom is 0.226 e. The van der Waals surface area contributed by atoms with Crippen LogP contribution in [0.1, 0.15) is 15.9 Å². The molecular formula is C15H13NOS2. The van der Waals surface area contributed by atoms with Crippen molar-refractivity contribution in [2.24, 2.45) is 0 Å². The van der Waals surface area contributed by atoms with Gasteiger partial charge in [-0.1, -0.05) is 72.9 Å². The molecule has 0 unspecified atom stereocenters. The minimum atomic E-state index is -0.0360. The predicted octanol–water partition coefficient (Wildman–Crippen LogP) is 3.63. The second-order valence-electron chi connectivity index (χ2n) is 3.88. The summed E-state index contributed by atoms with van der Waals surface area (Å²) in [7, 11) is 0. The number of carbonyl (C=O) groups excluding carboxylic acids is 1. The van der Waals surface area contributed by atoms with Crippen LogP contribution >= 0.6 is 24.0 Å². The summed E-state index contributed by atoms with van der Waals surface area (Å²) >= 11 is 6.21. The fourth-order valence-electron chi connectivity index (χ4n) is 1.52. The molecule has 96 valence electrons. The molecule has 0 spiro atoms. The molecule has 0 atom stereocenters. The first-order valence-electron chi connectivity index (χ1n) is 5.84. The van der Waals surface area contributed by atoms with E-state index in [1.807, 2.05) is 48.5 Å². The Bertz CT molecular complexity index is 555. The standard InChI is InChI=1S/C15H13NOS2/c17-14(13-9-5-2-6-10-13)19-15(18)16-11-12-7-3-1-4-8-12/h1-10H,11H2,(H,16,18). The van der Waals surface area contributed by atoms with E-state index in [0.29, 0.717) is 16.4 Å². The van der Waals surface area contributed by atoms with Crippen LogP contribution in [0.3, 0.4) is 0 Å². The zero-order valence-corrected chi connectivity index (χ0v) is 11.8. The van der Waals surface area contributed by atoms with E-state index in [0.717, 1.165) is 17.3 Å². The van der Waals surface area contributed by atoms with Crippen LogP contribution in [-0.2, 0) is 6.54 Å². The van der Waals surface area contributed by atoms with Gasteiger partial charge in [-0.15, -0.1) is 0 Å². The van der Waals surface area contributed by atoms with Gasteiger partial charge in [-0.05, 0) is 17.3 Å². The smallest absolute Gasteiger partial charge is 0.226 e. The van der Waals surface area contributed by atoms with Gasteiger partial charge in [-0.3, -0.25) is 4.79 Å². The lowest BCUT2D eigenvalue weighted by molar-refractivity contribution is 0.109. The Morgan fingerprint density at radius 1 is 1.00 bits per heavy atom. The number of benzene rings is 2. The summed E-state index contributed by atoms with van der Waals surface area (Å²) in [6.45, 7) is 0.634. The Labute approximate surface area is 122 Å². The number of hydrogen-bond acceptors (Lipinski definition) is 3. The molecule has 0 aromatic heterocycles. The molecule has 0 radical (unpaired) electrons. The molecule has 0 heterocycles. The highest BCUT2D eigenvalue weighted by molar-refractivity contribution is 8.33. The van der Waals surface area contributed by atoms with Crippen LogP contribution in [0.15, 0.2) is 60.7 Å². The molecule has 2 rings (SSSR count). The van der Waals surface area contributed by atoms with E-state index in [1.165, 1.54) is 0 Å². The Morgan fingerprint density at radius 3 is 2.21 bits per heavy atom. The van der Waals surface area contributed by atoms with Gasteiger partial charge in [0.15, 0.2) is 0 Å². The quantitative estimate of drug-likeness (QED) is 0.873. The summed E-state index contributed by atoms with van der Waals surface area (Å²) in [6.07, 6.45) is 0. The highest BCUT2D eigenvalue weighted by Crippen LogP contribution is 2.13. The summed E-state index contributed by atoms with van der Waals surface area (Å²) in [5, 5.41) is 3.04. The molecule has 1 N–H and O–H groups in total. The second kappa shape index (κ2) is 7.07. The summed E-state index contributed by atoms with van der Waals surface area (Å²) in [4.78, 5) is 11.9. The van der Waals surface area contributed by atoms with Crippen molar-refractivity contribution in [3.05, 3.63) is 71.8 Å². The maximum absolute atomic E-state index is 11.9. The topological polar surface area (TPSA) is 29.1 Å². The molecule has 2 nitrogen and oxygen atoms in total. The minimum Gasteiger partial charge on any atom is -0.367 e. The third kappa shape index (κ3) is 4.50. The van der Waals surface area contributed by atoms with E-state index in [1.54, 1.807) is 12.1 Å². The number of thiocarbonyl (C=S) groups is 1. The van der Waals surface area contributed by atoms with Crippen molar-refractivity contribution in [2.45, 2.75) is 6.54 Å². The lowest BCUT2D eigenvalue weighted by Crippen LogP contribution is -2.19. The SMILES string of the molecule is O=C(SC(=S)NCc1ccccc1)c1ccccc1. The maximum atomic E-state index is 11.9. The van der Waals surface area contributed by atoms with Gasteiger partial charge in [0.05, 0.1) is 0 Å². The molecule has 2 aromatic rings. The molecule has 4 heteroatoms. The third-order valence-corrected chi connectivity index (χ3v) is 3.62. The molecule has 0 saturated carbocycles. The Hall–Kier alpha value is -1.65. The molecule has 0 aliphatic rings. The second-order valence-corrected chi connectivity index (χ2v) is 5.53. The monoisotopic (exact) mass is 287 g/mol. The van der Waals surface area contributed by atoms with Gasteiger partial charge in [-0.2, -0.15) is 0 Å². The molecular weight excluding hydrogens is 274 g/mol. The first-order valence-corrected chi connectivity index (χ1v) is 7.07. The fourth-order valence-corrected chi connectivity index (χ4v) is 2.39. The Kier molecular flexibility index (Phi) is 5.12. The molecule has 0 fully saturated rings. The van der Waals surface area contributed by atoms with Crippen LogP contribution in [0.4, 0.5) is 0 Å². The van der Waals surface area contributed by atoms with E-state index in [-0.39, 0.29) is 5.12 Å². The van der Waals surface area contributed by atoms with Gasteiger partial charge in [0.25, 0.3) is 0 Å². The van der Waals surface area contributed by atoms with E-state index in [4.69, 9.17) is 12.2 Å².